The van der Waals surface area contributed by atoms with E-state index in [-0.39, 0.29) is 6.04 Å². The minimum absolute atomic E-state index is 0.191. The van der Waals surface area contributed by atoms with Gasteiger partial charge in [-0.3, -0.25) is 0 Å². The Morgan fingerprint density at radius 1 is 1.39 bits per heavy atom. The topological polar surface area (TPSA) is 63.4 Å². The van der Waals surface area contributed by atoms with E-state index in [2.05, 4.69) is 0 Å². The van der Waals surface area contributed by atoms with Crippen molar-refractivity contribution >= 4 is 15.7 Å². The van der Waals surface area contributed by atoms with Crippen LogP contribution in [0.3, 0.4) is 0 Å². The third-order valence-electron chi connectivity index (χ3n) is 3.20. The Morgan fingerprint density at radius 3 is 2.61 bits per heavy atom. The number of aryl methyl sites for hydroxylation is 1. The summed E-state index contributed by atoms with van der Waals surface area (Å²) in [6, 6.07) is 5.25. The van der Waals surface area contributed by atoms with Crippen molar-refractivity contribution in [3.05, 3.63) is 23.8 Å². The van der Waals surface area contributed by atoms with Crippen LogP contribution >= 0.6 is 0 Å². The summed E-state index contributed by atoms with van der Waals surface area (Å²) in [5.74, 6) is 0. The molecule has 1 aliphatic rings. The molecular formula is C13H20N2O2S. The highest BCUT2D eigenvalue weighted by atomic mass is 32.2. The molecule has 0 bridgehead atoms. The SMILES string of the molecule is CCCN(C1CC1)S(=O)(=O)c1cc(N)ccc1C. The number of hydrogen-bond donors (Lipinski definition) is 1. The molecule has 100 valence electrons. The number of benzene rings is 1. The van der Waals surface area contributed by atoms with Crippen molar-refractivity contribution in [3.8, 4) is 0 Å². The summed E-state index contributed by atoms with van der Waals surface area (Å²) in [4.78, 5) is 0.350. The van der Waals surface area contributed by atoms with Crippen LogP contribution in [0.15, 0.2) is 23.1 Å². The molecule has 1 saturated carbocycles. The van der Waals surface area contributed by atoms with Gasteiger partial charge in [0, 0.05) is 18.3 Å². The van der Waals surface area contributed by atoms with Crippen LogP contribution in [0.1, 0.15) is 31.7 Å². The molecule has 2 N–H and O–H groups in total. The first-order valence-electron chi connectivity index (χ1n) is 6.34. The first-order chi connectivity index (χ1) is 8.46. The minimum atomic E-state index is -3.40. The summed E-state index contributed by atoms with van der Waals surface area (Å²) in [5.41, 5.74) is 6.95. The smallest absolute Gasteiger partial charge is 0.243 e. The van der Waals surface area contributed by atoms with Gasteiger partial charge in [-0.15, -0.1) is 0 Å². The summed E-state index contributed by atoms with van der Waals surface area (Å²) in [7, 11) is -3.40. The lowest BCUT2D eigenvalue weighted by molar-refractivity contribution is 0.403. The van der Waals surface area contributed by atoms with E-state index in [1.54, 1.807) is 22.5 Å². The molecule has 1 fully saturated rings. The van der Waals surface area contributed by atoms with Crippen molar-refractivity contribution in [2.24, 2.45) is 0 Å². The highest BCUT2D eigenvalue weighted by Crippen LogP contribution is 2.33. The number of hydrogen-bond acceptors (Lipinski definition) is 3. The van der Waals surface area contributed by atoms with Gasteiger partial charge in [-0.2, -0.15) is 4.31 Å². The van der Waals surface area contributed by atoms with E-state index in [0.29, 0.717) is 17.1 Å². The second-order valence-corrected chi connectivity index (χ2v) is 6.73. The maximum Gasteiger partial charge on any atom is 0.243 e. The summed E-state index contributed by atoms with van der Waals surface area (Å²) >= 11 is 0. The molecular weight excluding hydrogens is 248 g/mol. The molecule has 0 radical (unpaired) electrons. The Bertz CT molecular complexity index is 536. The first kappa shape index (κ1) is 13.4. The molecule has 1 aromatic rings. The zero-order valence-electron chi connectivity index (χ0n) is 10.9. The van der Waals surface area contributed by atoms with Crippen molar-refractivity contribution in [2.45, 2.75) is 44.0 Å². The van der Waals surface area contributed by atoms with Crippen LogP contribution in [-0.2, 0) is 10.0 Å². The van der Waals surface area contributed by atoms with Gasteiger partial charge in [0.15, 0.2) is 0 Å². The molecule has 1 aliphatic carbocycles. The molecule has 5 heteroatoms. The third-order valence-corrected chi connectivity index (χ3v) is 5.29. The first-order valence-corrected chi connectivity index (χ1v) is 7.78. The van der Waals surface area contributed by atoms with E-state index >= 15 is 0 Å². The second-order valence-electron chi connectivity index (χ2n) is 4.87. The Labute approximate surface area is 109 Å². The molecule has 18 heavy (non-hydrogen) atoms. The maximum absolute atomic E-state index is 12.6. The van der Waals surface area contributed by atoms with Gasteiger partial charge < -0.3 is 5.73 Å². The zero-order chi connectivity index (χ0) is 13.3. The van der Waals surface area contributed by atoms with Gasteiger partial charge in [0.25, 0.3) is 0 Å². The minimum Gasteiger partial charge on any atom is -0.399 e. The molecule has 0 heterocycles. The monoisotopic (exact) mass is 268 g/mol. The predicted molar refractivity (Wildman–Crippen MR) is 72.8 cm³/mol. The van der Waals surface area contributed by atoms with Crippen LogP contribution in [-0.4, -0.2) is 25.3 Å². The van der Waals surface area contributed by atoms with Gasteiger partial charge in [-0.05, 0) is 43.9 Å². The van der Waals surface area contributed by atoms with Crippen molar-refractivity contribution in [2.75, 3.05) is 12.3 Å². The quantitative estimate of drug-likeness (QED) is 0.832. The van der Waals surface area contributed by atoms with E-state index in [1.165, 1.54) is 0 Å². The van der Waals surface area contributed by atoms with Crippen LogP contribution in [0.5, 0.6) is 0 Å². The average molecular weight is 268 g/mol. The Balaban J connectivity index is 2.42. The molecule has 0 atom stereocenters. The summed E-state index contributed by atoms with van der Waals surface area (Å²) in [5, 5.41) is 0. The Hall–Kier alpha value is -1.07. The van der Waals surface area contributed by atoms with Gasteiger partial charge >= 0.3 is 0 Å². The standard InChI is InChI=1S/C13H20N2O2S/c1-3-8-15(12-6-7-12)18(16,17)13-9-11(14)5-4-10(13)2/h4-5,9,12H,3,6-8,14H2,1-2H3. The normalized spacial score (nSPS) is 16.2. The number of nitrogens with zero attached hydrogens (tertiary/aromatic N) is 1. The highest BCUT2D eigenvalue weighted by molar-refractivity contribution is 7.89. The molecule has 2 rings (SSSR count). The van der Waals surface area contributed by atoms with Gasteiger partial charge in [0.05, 0.1) is 4.90 Å². The lowest BCUT2D eigenvalue weighted by Crippen LogP contribution is -2.34. The molecule has 1 aromatic carbocycles. The average Bonchev–Trinajstić information content (AvgIpc) is 3.13. The largest absolute Gasteiger partial charge is 0.399 e. The number of nitrogens with two attached hydrogens (primary N) is 1. The number of rotatable bonds is 5. The molecule has 0 unspecified atom stereocenters. The molecule has 0 aliphatic heterocycles. The fraction of sp³-hybridized carbons (Fsp3) is 0.538. The summed E-state index contributed by atoms with van der Waals surface area (Å²) < 4.78 is 26.9. The van der Waals surface area contributed by atoms with Gasteiger partial charge in [0.1, 0.15) is 0 Å². The van der Waals surface area contributed by atoms with Crippen LogP contribution in [0, 0.1) is 6.92 Å². The van der Waals surface area contributed by atoms with E-state index in [9.17, 15) is 8.42 Å². The van der Waals surface area contributed by atoms with Crippen LogP contribution in [0.4, 0.5) is 5.69 Å². The second kappa shape index (κ2) is 4.90. The van der Waals surface area contributed by atoms with E-state index < -0.39 is 10.0 Å². The Morgan fingerprint density at radius 2 is 2.06 bits per heavy atom. The maximum atomic E-state index is 12.6. The van der Waals surface area contributed by atoms with Crippen molar-refractivity contribution in [1.29, 1.82) is 0 Å². The van der Waals surface area contributed by atoms with E-state index in [4.69, 9.17) is 5.73 Å². The summed E-state index contributed by atoms with van der Waals surface area (Å²) in [6.45, 7) is 4.39. The fourth-order valence-electron chi connectivity index (χ4n) is 2.10. The predicted octanol–water partition coefficient (Wildman–Crippen LogP) is 2.14. The van der Waals surface area contributed by atoms with Gasteiger partial charge in [-0.25, -0.2) is 8.42 Å². The van der Waals surface area contributed by atoms with Crippen molar-refractivity contribution in [1.82, 2.24) is 4.31 Å². The van der Waals surface area contributed by atoms with Crippen molar-refractivity contribution in [3.63, 3.8) is 0 Å². The lowest BCUT2D eigenvalue weighted by atomic mass is 10.2. The van der Waals surface area contributed by atoms with E-state index in [1.807, 2.05) is 13.8 Å². The molecule has 0 amide bonds. The number of anilines is 1. The fourth-order valence-corrected chi connectivity index (χ4v) is 4.14. The zero-order valence-corrected chi connectivity index (χ0v) is 11.7. The van der Waals surface area contributed by atoms with Crippen molar-refractivity contribution < 1.29 is 8.42 Å². The van der Waals surface area contributed by atoms with Crippen LogP contribution in [0.25, 0.3) is 0 Å². The van der Waals surface area contributed by atoms with E-state index in [0.717, 1.165) is 24.8 Å². The molecule has 0 saturated heterocycles. The third kappa shape index (κ3) is 2.52. The Kier molecular flexibility index (Phi) is 3.64. The summed E-state index contributed by atoms with van der Waals surface area (Å²) in [6.07, 6.45) is 2.78. The highest BCUT2D eigenvalue weighted by Gasteiger charge is 2.37. The lowest BCUT2D eigenvalue weighted by Gasteiger charge is -2.22. The number of nitrogen functional groups attached to an aromatic ring is 1. The molecule has 4 nitrogen and oxygen atoms in total. The van der Waals surface area contributed by atoms with Crippen LogP contribution in [0.2, 0.25) is 0 Å². The van der Waals surface area contributed by atoms with Gasteiger partial charge in [-0.1, -0.05) is 13.0 Å². The van der Waals surface area contributed by atoms with Crippen LogP contribution < -0.4 is 5.73 Å². The molecule has 0 spiro atoms. The number of sulfonamides is 1. The van der Waals surface area contributed by atoms with Gasteiger partial charge in [0.2, 0.25) is 10.0 Å². The molecule has 0 aromatic heterocycles.